The molecule has 1 unspecified atom stereocenters. The average molecular weight is 214 g/mol. The van der Waals surface area contributed by atoms with Crippen LogP contribution in [0.25, 0.3) is 0 Å². The summed E-state index contributed by atoms with van der Waals surface area (Å²) in [6, 6.07) is 0. The lowest BCUT2D eigenvalue weighted by molar-refractivity contribution is -0.164. The molecule has 0 bridgehead atoms. The third-order valence-electron chi connectivity index (χ3n) is 2.30. The lowest BCUT2D eigenvalue weighted by Gasteiger charge is -2.23. The maximum absolute atomic E-state index is 5.56. The fraction of sp³-hybridized carbons (Fsp3) is 0.846. The molecule has 0 aromatic heterocycles. The van der Waals surface area contributed by atoms with Gasteiger partial charge in [-0.1, -0.05) is 18.6 Å². The highest BCUT2D eigenvalue weighted by Crippen LogP contribution is 2.16. The Bertz CT molecular complexity index is 165. The fourth-order valence-corrected chi connectivity index (χ4v) is 1.48. The lowest BCUT2D eigenvalue weighted by atomic mass is 10.0. The van der Waals surface area contributed by atoms with Crippen LogP contribution in [0, 0.1) is 5.92 Å². The zero-order valence-corrected chi connectivity index (χ0v) is 10.9. The number of ether oxygens (including phenoxy) is 2. The van der Waals surface area contributed by atoms with Crippen molar-refractivity contribution in [3.05, 3.63) is 11.6 Å². The third-order valence-corrected chi connectivity index (χ3v) is 2.30. The SMILES string of the molecule is CCOC(OCC)C(C)CCC=C(C)C. The van der Waals surface area contributed by atoms with E-state index >= 15 is 0 Å². The van der Waals surface area contributed by atoms with Gasteiger partial charge < -0.3 is 9.47 Å². The van der Waals surface area contributed by atoms with Crippen molar-refractivity contribution >= 4 is 0 Å². The highest BCUT2D eigenvalue weighted by Gasteiger charge is 2.16. The summed E-state index contributed by atoms with van der Waals surface area (Å²) in [6.45, 7) is 11.9. The third kappa shape index (κ3) is 7.57. The van der Waals surface area contributed by atoms with Crippen LogP contribution in [0.15, 0.2) is 11.6 Å². The minimum absolute atomic E-state index is 0.0365. The number of rotatable bonds is 8. The van der Waals surface area contributed by atoms with Crippen LogP contribution in [0.2, 0.25) is 0 Å². The van der Waals surface area contributed by atoms with Crippen molar-refractivity contribution in [3.63, 3.8) is 0 Å². The minimum atomic E-state index is -0.0365. The Labute approximate surface area is 94.7 Å². The van der Waals surface area contributed by atoms with Crippen molar-refractivity contribution in [2.75, 3.05) is 13.2 Å². The highest BCUT2D eigenvalue weighted by atomic mass is 16.7. The summed E-state index contributed by atoms with van der Waals surface area (Å²) < 4.78 is 11.1. The van der Waals surface area contributed by atoms with Gasteiger partial charge in [0.25, 0.3) is 0 Å². The van der Waals surface area contributed by atoms with E-state index < -0.39 is 0 Å². The van der Waals surface area contributed by atoms with Gasteiger partial charge in [0.15, 0.2) is 6.29 Å². The predicted molar refractivity (Wildman–Crippen MR) is 64.9 cm³/mol. The number of hydrogen-bond acceptors (Lipinski definition) is 2. The Kier molecular flexibility index (Phi) is 8.73. The van der Waals surface area contributed by atoms with Crippen molar-refractivity contribution < 1.29 is 9.47 Å². The first-order valence-corrected chi connectivity index (χ1v) is 5.98. The second kappa shape index (κ2) is 8.93. The first kappa shape index (κ1) is 14.7. The molecule has 1 atom stereocenters. The van der Waals surface area contributed by atoms with Gasteiger partial charge in [-0.25, -0.2) is 0 Å². The predicted octanol–water partition coefficient (Wildman–Crippen LogP) is 3.77. The monoisotopic (exact) mass is 214 g/mol. The van der Waals surface area contributed by atoms with Gasteiger partial charge in [0.1, 0.15) is 0 Å². The molecule has 0 radical (unpaired) electrons. The summed E-state index contributed by atoms with van der Waals surface area (Å²) in [5.41, 5.74) is 1.38. The van der Waals surface area contributed by atoms with Crippen molar-refractivity contribution in [1.29, 1.82) is 0 Å². The summed E-state index contributed by atoms with van der Waals surface area (Å²) >= 11 is 0. The van der Waals surface area contributed by atoms with Gasteiger partial charge >= 0.3 is 0 Å². The van der Waals surface area contributed by atoms with Gasteiger partial charge in [0, 0.05) is 19.1 Å². The largest absolute Gasteiger partial charge is 0.353 e. The molecule has 0 aromatic rings. The molecule has 0 aliphatic carbocycles. The quantitative estimate of drug-likeness (QED) is 0.452. The molecule has 0 aliphatic heterocycles. The van der Waals surface area contributed by atoms with E-state index in [1.807, 2.05) is 13.8 Å². The van der Waals surface area contributed by atoms with E-state index in [0.29, 0.717) is 5.92 Å². The summed E-state index contributed by atoms with van der Waals surface area (Å²) in [6.07, 6.45) is 4.46. The molecule has 0 rings (SSSR count). The molecular weight excluding hydrogens is 188 g/mol. The molecule has 2 nitrogen and oxygen atoms in total. The normalized spacial score (nSPS) is 12.9. The number of allylic oxidation sites excluding steroid dienone is 2. The van der Waals surface area contributed by atoms with Crippen molar-refractivity contribution in [2.45, 2.75) is 53.8 Å². The van der Waals surface area contributed by atoms with Gasteiger partial charge in [-0.2, -0.15) is 0 Å². The van der Waals surface area contributed by atoms with Gasteiger partial charge in [-0.05, 0) is 40.5 Å². The molecule has 2 heteroatoms. The van der Waals surface area contributed by atoms with Crippen LogP contribution < -0.4 is 0 Å². The summed E-state index contributed by atoms with van der Waals surface area (Å²) in [5, 5.41) is 0. The Morgan fingerprint density at radius 1 is 1.13 bits per heavy atom. The molecule has 0 amide bonds. The molecule has 0 fully saturated rings. The molecule has 90 valence electrons. The summed E-state index contributed by atoms with van der Waals surface area (Å²) in [5.74, 6) is 0.459. The zero-order chi connectivity index (χ0) is 11.7. The molecule has 0 spiro atoms. The van der Waals surface area contributed by atoms with E-state index in [9.17, 15) is 0 Å². The van der Waals surface area contributed by atoms with Crippen molar-refractivity contribution in [2.24, 2.45) is 5.92 Å². The molecule has 0 heterocycles. The molecule has 15 heavy (non-hydrogen) atoms. The van der Waals surface area contributed by atoms with E-state index in [-0.39, 0.29) is 6.29 Å². The molecule has 0 aromatic carbocycles. The van der Waals surface area contributed by atoms with Crippen LogP contribution in [0.4, 0.5) is 0 Å². The summed E-state index contributed by atoms with van der Waals surface area (Å²) in [4.78, 5) is 0. The average Bonchev–Trinajstić information content (AvgIpc) is 2.16. The first-order valence-electron chi connectivity index (χ1n) is 5.98. The van der Waals surface area contributed by atoms with E-state index in [2.05, 4.69) is 26.8 Å². The summed E-state index contributed by atoms with van der Waals surface area (Å²) in [7, 11) is 0. The van der Waals surface area contributed by atoms with Gasteiger partial charge in [0.05, 0.1) is 0 Å². The fourth-order valence-electron chi connectivity index (χ4n) is 1.48. The Morgan fingerprint density at radius 2 is 1.67 bits per heavy atom. The highest BCUT2D eigenvalue weighted by molar-refractivity contribution is 4.92. The molecule has 0 saturated heterocycles. The molecule has 0 aliphatic rings. The lowest BCUT2D eigenvalue weighted by Crippen LogP contribution is -2.25. The van der Waals surface area contributed by atoms with E-state index in [4.69, 9.17) is 9.47 Å². The van der Waals surface area contributed by atoms with Crippen LogP contribution in [0.3, 0.4) is 0 Å². The maximum atomic E-state index is 5.56. The van der Waals surface area contributed by atoms with Crippen LogP contribution in [0.1, 0.15) is 47.5 Å². The van der Waals surface area contributed by atoms with Gasteiger partial charge in [0.2, 0.25) is 0 Å². The van der Waals surface area contributed by atoms with E-state index in [1.54, 1.807) is 0 Å². The Balaban J connectivity index is 3.90. The van der Waals surface area contributed by atoms with Crippen molar-refractivity contribution in [1.82, 2.24) is 0 Å². The van der Waals surface area contributed by atoms with Crippen molar-refractivity contribution in [3.8, 4) is 0 Å². The first-order chi connectivity index (χ1) is 7.11. The Morgan fingerprint density at radius 3 is 2.07 bits per heavy atom. The second-order valence-electron chi connectivity index (χ2n) is 4.12. The smallest absolute Gasteiger partial charge is 0.160 e. The standard InChI is InChI=1S/C13H26O2/c1-6-14-13(15-7-2)12(5)10-8-9-11(3)4/h9,12-13H,6-8,10H2,1-5H3. The molecule has 0 saturated carbocycles. The Hall–Kier alpha value is -0.340. The van der Waals surface area contributed by atoms with Gasteiger partial charge in [-0.3, -0.25) is 0 Å². The number of hydrogen-bond donors (Lipinski definition) is 0. The zero-order valence-electron chi connectivity index (χ0n) is 10.9. The van der Waals surface area contributed by atoms with Crippen LogP contribution in [-0.4, -0.2) is 19.5 Å². The van der Waals surface area contributed by atoms with E-state index in [1.165, 1.54) is 5.57 Å². The molecular formula is C13H26O2. The van der Waals surface area contributed by atoms with Crippen LogP contribution in [0.5, 0.6) is 0 Å². The van der Waals surface area contributed by atoms with E-state index in [0.717, 1.165) is 26.1 Å². The molecule has 0 N–H and O–H groups in total. The van der Waals surface area contributed by atoms with Gasteiger partial charge in [-0.15, -0.1) is 0 Å². The second-order valence-corrected chi connectivity index (χ2v) is 4.12. The van der Waals surface area contributed by atoms with Crippen LogP contribution >= 0.6 is 0 Å². The minimum Gasteiger partial charge on any atom is -0.353 e. The van der Waals surface area contributed by atoms with Crippen LogP contribution in [-0.2, 0) is 9.47 Å². The maximum Gasteiger partial charge on any atom is 0.160 e. The topological polar surface area (TPSA) is 18.5 Å².